The molecule has 68 heavy (non-hydrogen) atoms. The van der Waals surface area contributed by atoms with E-state index in [-0.39, 0.29) is 34.4 Å². The lowest BCUT2D eigenvalue weighted by Gasteiger charge is -2.27. The van der Waals surface area contributed by atoms with Gasteiger partial charge >= 0.3 is 5.97 Å². The second-order valence-electron chi connectivity index (χ2n) is 17.0. The summed E-state index contributed by atoms with van der Waals surface area (Å²) in [6, 6.07) is 12.1. The quantitative estimate of drug-likeness (QED) is 0.0161. The van der Waals surface area contributed by atoms with E-state index in [9.17, 15) is 50.8 Å². The van der Waals surface area contributed by atoms with E-state index in [2.05, 4.69) is 28.2 Å². The number of carbonyl (C=O) groups excluding carboxylic acids is 3. The first-order valence-corrected chi connectivity index (χ1v) is 25.4. The highest BCUT2D eigenvalue weighted by Gasteiger charge is 2.46. The van der Waals surface area contributed by atoms with Crippen LogP contribution in [0.3, 0.4) is 0 Å². The summed E-state index contributed by atoms with van der Waals surface area (Å²) < 4.78 is 85.6. The van der Waals surface area contributed by atoms with Crippen molar-refractivity contribution in [3.63, 3.8) is 0 Å². The van der Waals surface area contributed by atoms with Gasteiger partial charge in [0.05, 0.1) is 39.3 Å². The Kier molecular flexibility index (Phi) is 15.1. The van der Waals surface area contributed by atoms with Crippen LogP contribution in [-0.2, 0) is 69.0 Å². The Morgan fingerprint density at radius 3 is 2.12 bits per heavy atom. The Morgan fingerprint density at radius 2 is 1.46 bits per heavy atom. The number of fused-ring (bicyclic) bond motifs is 6. The zero-order valence-electron chi connectivity index (χ0n) is 37.2. The molecule has 362 valence electrons. The third kappa shape index (κ3) is 10.0. The molecule has 4 aromatic carbocycles. The highest BCUT2D eigenvalue weighted by Crippen LogP contribution is 2.52. The zero-order chi connectivity index (χ0) is 49.3. The summed E-state index contributed by atoms with van der Waals surface area (Å²) in [4.78, 5) is 42.7. The van der Waals surface area contributed by atoms with Crippen molar-refractivity contribution in [2.24, 2.45) is 0 Å². The number of imide groups is 1. The lowest BCUT2D eigenvalue weighted by atomic mass is 9.79. The largest absolute Gasteiger partial charge is 0.744 e. The maximum Gasteiger partial charge on any atom is 0.333 e. The minimum Gasteiger partial charge on any atom is -0.744 e. The fourth-order valence-electron chi connectivity index (χ4n) is 9.31. The van der Waals surface area contributed by atoms with Crippen molar-refractivity contribution in [2.75, 3.05) is 18.0 Å². The monoisotopic (exact) mass is 1010 g/mol. The van der Waals surface area contributed by atoms with Crippen LogP contribution in [0.2, 0.25) is 0 Å². The van der Waals surface area contributed by atoms with Crippen LogP contribution in [0, 0.1) is 0 Å². The maximum atomic E-state index is 12.5. The molecular weight excluding hydrogens is 967 g/mol. The van der Waals surface area contributed by atoms with Crippen molar-refractivity contribution in [1.29, 1.82) is 0 Å². The van der Waals surface area contributed by atoms with Gasteiger partial charge < -0.3 is 29.4 Å². The van der Waals surface area contributed by atoms with Crippen molar-refractivity contribution >= 4 is 101 Å². The number of carbonyl (C=O) groups is 3. The molecule has 1 fully saturated rings. The number of allylic oxidation sites excluding steroid dienone is 6. The summed E-state index contributed by atoms with van der Waals surface area (Å²) in [5, 5.41) is 30.6. The van der Waals surface area contributed by atoms with E-state index in [1.807, 2.05) is 71.1 Å². The molecule has 1 saturated heterocycles. The van der Waals surface area contributed by atoms with Crippen LogP contribution in [-0.4, -0.2) is 72.2 Å². The summed E-state index contributed by atoms with van der Waals surface area (Å²) in [5.41, 5.74) is 3.04. The van der Waals surface area contributed by atoms with Crippen molar-refractivity contribution in [1.82, 2.24) is 5.06 Å². The number of rotatable bonds is 19. The second kappa shape index (κ2) is 20.1. The fourth-order valence-corrected chi connectivity index (χ4v) is 11.7. The number of hydrogen-bond donors (Lipinski definition) is 0. The summed E-state index contributed by atoms with van der Waals surface area (Å²) in [6.07, 6.45) is 10.8. The average Bonchev–Trinajstić information content (AvgIpc) is 3.80. The van der Waals surface area contributed by atoms with Gasteiger partial charge in [0, 0.05) is 75.5 Å². The van der Waals surface area contributed by atoms with Crippen LogP contribution in [0.25, 0.3) is 21.5 Å². The van der Waals surface area contributed by atoms with Crippen molar-refractivity contribution in [3.8, 4) is 0 Å². The van der Waals surface area contributed by atoms with Crippen LogP contribution < -0.4 is 15.4 Å². The standard InChI is InChI=1S/C45H47N3O16S4/c1-6-46-33-19-17-30-31(23-27(65-63-61-52)24-36(30)68(57,58)59)42(33)44(2,3)37(46)13-9-7-10-14-38-45(4,5)43-32-25-28(67(54,55)56)26-35(66-64-62-53)29(32)16-18-34(43)47(38)22-12-8-11-15-41(51)60-48-39(49)20-21-40(48)50/h7,9-10,13-14,16-19,23-26H,6,8,11-12,15,20-22H2,1-5H3,(H3-,52,53,54,55,56,57,58,59)/p-3. The molecule has 0 spiro atoms. The SMILES string of the molecule is CC[N+]1=C(/C=C/C=C/C=C2/N(CCCCCC(=O)ON3C(=O)CCC3=O)c3ccc4c(SOO[O-])cc(S(=O)(=O)[O-])cc4c3C2(C)C)C(C)(C)c2c1ccc1c(S(=O)(=O)[O-])cc(SOO[O-])cc21. The Labute approximate surface area is 400 Å². The maximum absolute atomic E-state index is 12.5. The highest BCUT2D eigenvalue weighted by atomic mass is 32.2. The molecule has 0 unspecified atom stereocenters. The molecule has 0 atom stereocenters. The lowest BCUT2D eigenvalue weighted by molar-refractivity contribution is -0.777. The first-order valence-electron chi connectivity index (χ1n) is 21.1. The van der Waals surface area contributed by atoms with Gasteiger partial charge in [-0.05, 0) is 97.8 Å². The minimum absolute atomic E-state index is 0.0162. The van der Waals surface area contributed by atoms with E-state index >= 15 is 0 Å². The number of unbranched alkanes of at least 4 members (excludes halogenated alkanes) is 2. The van der Waals surface area contributed by atoms with Gasteiger partial charge in [-0.3, -0.25) is 19.7 Å². The molecule has 3 aliphatic heterocycles. The highest BCUT2D eigenvalue weighted by molar-refractivity contribution is 7.95. The van der Waals surface area contributed by atoms with E-state index in [0.29, 0.717) is 88.9 Å². The zero-order valence-corrected chi connectivity index (χ0v) is 40.4. The average molecular weight is 1010 g/mol. The Hall–Kier alpha value is -5.02. The van der Waals surface area contributed by atoms with Crippen LogP contribution in [0.5, 0.6) is 0 Å². The van der Waals surface area contributed by atoms with E-state index in [4.69, 9.17) is 4.84 Å². The first kappa shape index (κ1) is 50.8. The molecular formula is C45H44N3O16S4-3. The Morgan fingerprint density at radius 1 is 0.779 bits per heavy atom. The number of hydroxylamine groups is 2. The molecule has 4 aromatic rings. The summed E-state index contributed by atoms with van der Waals surface area (Å²) in [7, 11) is -9.92. The van der Waals surface area contributed by atoms with Gasteiger partial charge in [0.2, 0.25) is 5.69 Å². The van der Waals surface area contributed by atoms with E-state index in [0.717, 1.165) is 34.8 Å². The smallest absolute Gasteiger partial charge is 0.333 e. The van der Waals surface area contributed by atoms with E-state index in [1.54, 1.807) is 24.3 Å². The normalized spacial score (nSPS) is 17.6. The van der Waals surface area contributed by atoms with Crippen molar-refractivity contribution < 1.29 is 79.0 Å². The van der Waals surface area contributed by atoms with Crippen molar-refractivity contribution in [2.45, 2.75) is 104 Å². The molecule has 0 saturated carbocycles. The molecule has 19 nitrogen and oxygen atoms in total. The molecule has 0 N–H and O–H groups in total. The predicted molar refractivity (Wildman–Crippen MR) is 241 cm³/mol. The molecule has 0 aliphatic carbocycles. The van der Waals surface area contributed by atoms with Crippen LogP contribution in [0.4, 0.5) is 11.4 Å². The van der Waals surface area contributed by atoms with Crippen LogP contribution >= 0.6 is 24.1 Å². The number of anilines is 1. The fraction of sp³-hybridized carbons (Fsp3) is 0.333. The predicted octanol–water partition coefficient (Wildman–Crippen LogP) is 5.62. The molecule has 0 aromatic heterocycles. The Balaban J connectivity index is 1.21. The van der Waals surface area contributed by atoms with Gasteiger partial charge in [0.1, 0.15) is 26.8 Å². The minimum atomic E-state index is -4.97. The van der Waals surface area contributed by atoms with Gasteiger partial charge in [-0.25, -0.2) is 21.6 Å². The first-order chi connectivity index (χ1) is 32.1. The van der Waals surface area contributed by atoms with Crippen LogP contribution in [0.1, 0.15) is 84.3 Å². The summed E-state index contributed by atoms with van der Waals surface area (Å²) in [5.74, 6) is -1.84. The Bertz CT molecular complexity index is 3060. The summed E-state index contributed by atoms with van der Waals surface area (Å²) >= 11 is 0.942. The molecule has 23 heteroatoms. The van der Waals surface area contributed by atoms with Crippen LogP contribution in [0.15, 0.2) is 104 Å². The van der Waals surface area contributed by atoms with Gasteiger partial charge in [-0.2, -0.15) is 13.2 Å². The van der Waals surface area contributed by atoms with E-state index in [1.165, 1.54) is 6.07 Å². The van der Waals surface area contributed by atoms with Crippen molar-refractivity contribution in [3.05, 3.63) is 95.7 Å². The van der Waals surface area contributed by atoms with Gasteiger partial charge in [-0.1, -0.05) is 44.6 Å². The topological polar surface area (TPSA) is 267 Å². The number of nitrogens with zero attached hydrogens (tertiary/aromatic N) is 3. The van der Waals surface area contributed by atoms with Gasteiger partial charge in [-0.15, -0.1) is 5.06 Å². The molecule has 0 bridgehead atoms. The molecule has 3 heterocycles. The molecule has 2 amide bonds. The van der Waals surface area contributed by atoms with E-state index < -0.39 is 58.6 Å². The number of amides is 2. The number of hydrogen-bond acceptors (Lipinski definition) is 19. The van der Waals surface area contributed by atoms with Gasteiger partial charge in [0.15, 0.2) is 5.71 Å². The third-order valence-corrected chi connectivity index (χ3v) is 15.0. The third-order valence-electron chi connectivity index (χ3n) is 12.2. The lowest BCUT2D eigenvalue weighted by Crippen LogP contribution is -2.32. The second-order valence-corrected chi connectivity index (χ2v) is 21.2. The molecule has 7 rings (SSSR count). The summed E-state index contributed by atoms with van der Waals surface area (Å²) in [6.45, 7) is 10.8. The molecule has 3 aliphatic rings. The van der Waals surface area contributed by atoms with Gasteiger partial charge in [0.25, 0.3) is 11.8 Å². The number of benzene rings is 4. The molecule has 0 radical (unpaired) electrons.